The normalized spacial score (nSPS) is 17.9. The van der Waals surface area contributed by atoms with Crippen molar-refractivity contribution in [2.45, 2.75) is 32.2 Å². The third-order valence-corrected chi connectivity index (χ3v) is 5.04. The summed E-state index contributed by atoms with van der Waals surface area (Å²) < 4.78 is 1.33. The molecule has 1 aliphatic rings. The van der Waals surface area contributed by atoms with Crippen LogP contribution in [0.5, 0.6) is 0 Å². The fourth-order valence-corrected chi connectivity index (χ4v) is 3.30. The van der Waals surface area contributed by atoms with Gasteiger partial charge >= 0.3 is 0 Å². The number of halogens is 1. The summed E-state index contributed by atoms with van der Waals surface area (Å²) in [4.78, 5) is 0. The van der Waals surface area contributed by atoms with Gasteiger partial charge in [0.05, 0.1) is 6.04 Å². The van der Waals surface area contributed by atoms with Gasteiger partial charge in [-0.15, -0.1) is 0 Å². The Morgan fingerprint density at radius 1 is 1.16 bits per heavy atom. The molecule has 0 saturated heterocycles. The quantitative estimate of drug-likeness (QED) is 0.733. The van der Waals surface area contributed by atoms with Crippen molar-refractivity contribution in [3.63, 3.8) is 0 Å². The summed E-state index contributed by atoms with van der Waals surface area (Å²) in [5.41, 5.74) is 5.56. The first-order valence-corrected chi connectivity index (χ1v) is 7.92. The summed E-state index contributed by atoms with van der Waals surface area (Å²) in [6.07, 6.45) is 3.72. The Bertz CT molecular complexity index is 592. The standard InChI is InChI=1S/C17H18IN/c1-12-9-10-14(11-16(12)18)19-17-8-4-6-13-5-2-3-7-15(13)17/h2-3,5,7,9-11,17,19H,4,6,8H2,1H3. The second-order valence-corrected chi connectivity index (χ2v) is 6.41. The Balaban J connectivity index is 1.86. The number of benzene rings is 2. The molecule has 1 unspecified atom stereocenters. The summed E-state index contributed by atoms with van der Waals surface area (Å²) in [6, 6.07) is 15.9. The monoisotopic (exact) mass is 363 g/mol. The summed E-state index contributed by atoms with van der Waals surface area (Å²) >= 11 is 2.40. The van der Waals surface area contributed by atoms with Gasteiger partial charge in [0.25, 0.3) is 0 Å². The van der Waals surface area contributed by atoms with E-state index in [0.29, 0.717) is 6.04 Å². The minimum Gasteiger partial charge on any atom is -0.378 e. The Kier molecular flexibility index (Phi) is 3.78. The van der Waals surface area contributed by atoms with Gasteiger partial charge in [-0.3, -0.25) is 0 Å². The summed E-state index contributed by atoms with van der Waals surface area (Å²) in [6.45, 7) is 2.15. The molecule has 0 saturated carbocycles. The third-order valence-electron chi connectivity index (χ3n) is 3.88. The fraction of sp³-hybridized carbons (Fsp3) is 0.294. The molecule has 1 atom stereocenters. The van der Waals surface area contributed by atoms with Crippen LogP contribution < -0.4 is 5.32 Å². The summed E-state index contributed by atoms with van der Waals surface area (Å²) in [5, 5.41) is 3.70. The highest BCUT2D eigenvalue weighted by atomic mass is 127. The molecular formula is C17H18IN. The lowest BCUT2D eigenvalue weighted by atomic mass is 9.87. The molecule has 3 rings (SSSR count). The molecule has 2 aromatic rings. The first kappa shape index (κ1) is 13.0. The maximum absolute atomic E-state index is 3.70. The minimum atomic E-state index is 0.462. The van der Waals surface area contributed by atoms with E-state index >= 15 is 0 Å². The molecule has 0 amide bonds. The first-order valence-electron chi connectivity index (χ1n) is 6.84. The van der Waals surface area contributed by atoms with Gasteiger partial charge in [0.1, 0.15) is 0 Å². The molecule has 98 valence electrons. The van der Waals surface area contributed by atoms with Crippen molar-refractivity contribution < 1.29 is 0 Å². The first-order chi connectivity index (χ1) is 9.24. The highest BCUT2D eigenvalue weighted by molar-refractivity contribution is 14.1. The smallest absolute Gasteiger partial charge is 0.0516 e. The van der Waals surface area contributed by atoms with Crippen LogP contribution in [-0.4, -0.2) is 0 Å². The van der Waals surface area contributed by atoms with Gasteiger partial charge in [-0.05, 0) is 77.6 Å². The van der Waals surface area contributed by atoms with Crippen molar-refractivity contribution in [2.75, 3.05) is 5.32 Å². The van der Waals surface area contributed by atoms with Gasteiger partial charge in [0, 0.05) is 9.26 Å². The van der Waals surface area contributed by atoms with Crippen LogP contribution in [0.2, 0.25) is 0 Å². The van der Waals surface area contributed by atoms with Crippen LogP contribution in [0, 0.1) is 10.5 Å². The molecule has 0 fully saturated rings. The van der Waals surface area contributed by atoms with E-state index in [4.69, 9.17) is 0 Å². The lowest BCUT2D eigenvalue weighted by Crippen LogP contribution is -2.17. The molecular weight excluding hydrogens is 345 g/mol. The maximum atomic E-state index is 3.70. The molecule has 2 aromatic carbocycles. The second-order valence-electron chi connectivity index (χ2n) is 5.25. The predicted octanol–water partition coefficient (Wildman–Crippen LogP) is 5.09. The number of nitrogens with one attached hydrogen (secondary N) is 1. The van der Waals surface area contributed by atoms with Crippen LogP contribution in [0.25, 0.3) is 0 Å². The molecule has 0 aliphatic heterocycles. The zero-order valence-electron chi connectivity index (χ0n) is 11.1. The second kappa shape index (κ2) is 5.53. The van der Waals surface area contributed by atoms with E-state index in [1.165, 1.54) is 45.2 Å². The van der Waals surface area contributed by atoms with E-state index in [1.54, 1.807) is 0 Å². The molecule has 1 nitrogen and oxygen atoms in total. The number of aryl methyl sites for hydroxylation is 2. The fourth-order valence-electron chi connectivity index (χ4n) is 2.79. The molecule has 0 spiro atoms. The van der Waals surface area contributed by atoms with Crippen molar-refractivity contribution in [1.82, 2.24) is 0 Å². The van der Waals surface area contributed by atoms with Crippen LogP contribution >= 0.6 is 22.6 Å². The van der Waals surface area contributed by atoms with Crippen LogP contribution in [0.4, 0.5) is 5.69 Å². The highest BCUT2D eigenvalue weighted by Crippen LogP contribution is 2.32. The predicted molar refractivity (Wildman–Crippen MR) is 89.6 cm³/mol. The number of hydrogen-bond donors (Lipinski definition) is 1. The summed E-state index contributed by atoms with van der Waals surface area (Å²) in [5.74, 6) is 0. The molecule has 0 heterocycles. The largest absolute Gasteiger partial charge is 0.378 e. The van der Waals surface area contributed by atoms with E-state index in [-0.39, 0.29) is 0 Å². The van der Waals surface area contributed by atoms with Gasteiger partial charge in [0.2, 0.25) is 0 Å². The highest BCUT2D eigenvalue weighted by Gasteiger charge is 2.19. The van der Waals surface area contributed by atoms with Crippen LogP contribution in [0.3, 0.4) is 0 Å². The zero-order valence-corrected chi connectivity index (χ0v) is 13.3. The molecule has 0 aromatic heterocycles. The topological polar surface area (TPSA) is 12.0 Å². The van der Waals surface area contributed by atoms with Crippen LogP contribution in [0.1, 0.15) is 35.6 Å². The Hall–Kier alpha value is -1.03. The van der Waals surface area contributed by atoms with Gasteiger partial charge in [0.15, 0.2) is 0 Å². The van der Waals surface area contributed by atoms with Crippen LogP contribution in [-0.2, 0) is 6.42 Å². The minimum absolute atomic E-state index is 0.462. The lowest BCUT2D eigenvalue weighted by molar-refractivity contribution is 0.600. The van der Waals surface area contributed by atoms with E-state index < -0.39 is 0 Å². The van der Waals surface area contributed by atoms with Gasteiger partial charge in [-0.2, -0.15) is 0 Å². The number of hydrogen-bond acceptors (Lipinski definition) is 1. The van der Waals surface area contributed by atoms with Crippen molar-refractivity contribution in [2.24, 2.45) is 0 Å². The van der Waals surface area contributed by atoms with Gasteiger partial charge in [-0.25, -0.2) is 0 Å². The van der Waals surface area contributed by atoms with Crippen molar-refractivity contribution in [1.29, 1.82) is 0 Å². The zero-order chi connectivity index (χ0) is 13.2. The lowest BCUT2D eigenvalue weighted by Gasteiger charge is -2.27. The maximum Gasteiger partial charge on any atom is 0.0516 e. The SMILES string of the molecule is Cc1ccc(NC2CCCc3ccccc32)cc1I. The molecule has 19 heavy (non-hydrogen) atoms. The van der Waals surface area contributed by atoms with Crippen molar-refractivity contribution in [3.05, 3.63) is 62.7 Å². The van der Waals surface area contributed by atoms with Gasteiger partial charge in [-0.1, -0.05) is 30.3 Å². The van der Waals surface area contributed by atoms with Crippen molar-refractivity contribution in [3.8, 4) is 0 Å². The summed E-state index contributed by atoms with van der Waals surface area (Å²) in [7, 11) is 0. The Labute approximate surface area is 128 Å². The van der Waals surface area contributed by atoms with E-state index in [1.807, 2.05) is 0 Å². The average molecular weight is 363 g/mol. The van der Waals surface area contributed by atoms with E-state index in [2.05, 4.69) is 77.3 Å². The molecule has 2 heteroatoms. The Morgan fingerprint density at radius 2 is 2.00 bits per heavy atom. The van der Waals surface area contributed by atoms with E-state index in [9.17, 15) is 0 Å². The Morgan fingerprint density at radius 3 is 2.84 bits per heavy atom. The number of fused-ring (bicyclic) bond motifs is 1. The van der Waals surface area contributed by atoms with Crippen LogP contribution in [0.15, 0.2) is 42.5 Å². The number of rotatable bonds is 2. The molecule has 0 radical (unpaired) electrons. The molecule has 1 N–H and O–H groups in total. The molecule has 1 aliphatic carbocycles. The molecule has 0 bridgehead atoms. The third kappa shape index (κ3) is 2.78. The average Bonchev–Trinajstić information content (AvgIpc) is 2.43. The van der Waals surface area contributed by atoms with Crippen molar-refractivity contribution >= 4 is 28.3 Å². The van der Waals surface area contributed by atoms with Gasteiger partial charge < -0.3 is 5.32 Å². The van der Waals surface area contributed by atoms with E-state index in [0.717, 1.165) is 0 Å². The number of anilines is 1.